The lowest BCUT2D eigenvalue weighted by atomic mass is 10.1. The maximum Gasteiger partial charge on any atom is 0.234 e. The monoisotopic (exact) mass is 398 g/mol. The summed E-state index contributed by atoms with van der Waals surface area (Å²) in [5.41, 5.74) is 0.138. The van der Waals surface area contributed by atoms with Crippen LogP contribution in [0.15, 0.2) is 29.4 Å². The Kier molecular flexibility index (Phi) is 5.61. The molecule has 1 fully saturated rings. The van der Waals surface area contributed by atoms with Crippen molar-refractivity contribution in [3.63, 3.8) is 0 Å². The van der Waals surface area contributed by atoms with Gasteiger partial charge in [-0.05, 0) is 24.5 Å². The molecular weight excluding hydrogens is 379 g/mol. The van der Waals surface area contributed by atoms with Crippen molar-refractivity contribution in [2.24, 2.45) is 13.0 Å². The third-order valence-corrected chi connectivity index (χ3v) is 7.06. The molecule has 26 heavy (non-hydrogen) atoms. The molecule has 0 aliphatic carbocycles. The Morgan fingerprint density at radius 2 is 2.15 bits per heavy atom. The Balaban J connectivity index is 1.55. The zero-order valence-corrected chi connectivity index (χ0v) is 15.8. The lowest BCUT2D eigenvalue weighted by Crippen LogP contribution is -2.15. The van der Waals surface area contributed by atoms with Gasteiger partial charge in [0.1, 0.15) is 11.6 Å². The number of hydrogen-bond acceptors (Lipinski definition) is 6. The molecule has 0 spiro atoms. The molecule has 3 rings (SSSR count). The number of benzene rings is 1. The van der Waals surface area contributed by atoms with Crippen LogP contribution in [0.2, 0.25) is 0 Å². The van der Waals surface area contributed by atoms with Crippen LogP contribution in [-0.4, -0.2) is 46.3 Å². The molecule has 0 unspecified atom stereocenters. The average Bonchev–Trinajstić information content (AvgIpc) is 3.11. The summed E-state index contributed by atoms with van der Waals surface area (Å²) in [6, 6.07) is 5.97. The molecule has 1 saturated heterocycles. The molecule has 7 nitrogen and oxygen atoms in total. The van der Waals surface area contributed by atoms with E-state index in [2.05, 4.69) is 15.5 Å². The van der Waals surface area contributed by atoms with E-state index in [9.17, 15) is 17.6 Å². The normalized spacial score (nSPS) is 18.8. The topological polar surface area (TPSA) is 93.9 Å². The number of sulfone groups is 1. The van der Waals surface area contributed by atoms with E-state index in [0.717, 1.165) is 0 Å². The van der Waals surface area contributed by atoms with Gasteiger partial charge in [-0.1, -0.05) is 23.9 Å². The van der Waals surface area contributed by atoms with Gasteiger partial charge in [0.2, 0.25) is 5.91 Å². The minimum Gasteiger partial charge on any atom is -0.323 e. The predicted octanol–water partition coefficient (Wildman–Crippen LogP) is 1.66. The Hall–Kier alpha value is -1.94. The van der Waals surface area contributed by atoms with Crippen molar-refractivity contribution < 1.29 is 17.6 Å². The van der Waals surface area contributed by atoms with Crippen molar-refractivity contribution in [2.75, 3.05) is 22.6 Å². The summed E-state index contributed by atoms with van der Waals surface area (Å²) in [6.45, 7) is 0. The molecular formula is C16H19FN4O3S2. The van der Waals surface area contributed by atoms with Gasteiger partial charge in [0.15, 0.2) is 15.0 Å². The minimum absolute atomic E-state index is 0.0603. The average molecular weight is 398 g/mol. The summed E-state index contributed by atoms with van der Waals surface area (Å²) in [6.07, 6.45) is 1.19. The second-order valence-electron chi connectivity index (χ2n) is 6.25. The van der Waals surface area contributed by atoms with Gasteiger partial charge in [-0.3, -0.25) is 4.79 Å². The second-order valence-corrected chi connectivity index (χ2v) is 9.42. The summed E-state index contributed by atoms with van der Waals surface area (Å²) in [7, 11) is -1.13. The Labute approximate surface area is 155 Å². The number of para-hydroxylation sites is 1. The number of rotatable bonds is 6. The van der Waals surface area contributed by atoms with E-state index < -0.39 is 15.7 Å². The molecule has 2 aromatic rings. The van der Waals surface area contributed by atoms with Crippen LogP contribution in [0.5, 0.6) is 0 Å². The number of halogens is 1. The van der Waals surface area contributed by atoms with Crippen LogP contribution in [0, 0.1) is 11.7 Å². The van der Waals surface area contributed by atoms with Crippen molar-refractivity contribution >= 4 is 33.2 Å². The SMILES string of the molecule is Cn1c(C[C@H]2CCS(=O)(=O)C2)nnc1SCC(=O)Nc1ccccc1F. The number of carbonyl (C=O) groups excluding carboxylic acids is 1. The Morgan fingerprint density at radius 1 is 1.38 bits per heavy atom. The van der Waals surface area contributed by atoms with E-state index in [0.29, 0.717) is 23.8 Å². The number of anilines is 1. The molecule has 0 saturated carbocycles. The highest BCUT2D eigenvalue weighted by Gasteiger charge is 2.29. The third-order valence-electron chi connectivity index (χ3n) is 4.20. The van der Waals surface area contributed by atoms with Crippen molar-refractivity contribution in [3.05, 3.63) is 35.9 Å². The fraction of sp³-hybridized carbons (Fsp3) is 0.438. The minimum atomic E-state index is -2.92. The smallest absolute Gasteiger partial charge is 0.234 e. The first kappa shape index (κ1) is 18.8. The summed E-state index contributed by atoms with van der Waals surface area (Å²) in [5.74, 6) is 0.415. The Bertz CT molecular complexity index is 914. The van der Waals surface area contributed by atoms with E-state index in [1.54, 1.807) is 23.7 Å². The van der Waals surface area contributed by atoms with Crippen LogP contribution in [0.4, 0.5) is 10.1 Å². The molecule has 0 radical (unpaired) electrons. The van der Waals surface area contributed by atoms with Crippen LogP contribution in [0.3, 0.4) is 0 Å². The van der Waals surface area contributed by atoms with E-state index in [1.807, 2.05) is 0 Å². The number of hydrogen-bond donors (Lipinski definition) is 1. The van der Waals surface area contributed by atoms with E-state index in [-0.39, 0.29) is 34.8 Å². The van der Waals surface area contributed by atoms with Crippen LogP contribution in [0.25, 0.3) is 0 Å². The molecule has 1 aromatic carbocycles. The molecule has 0 bridgehead atoms. The summed E-state index contributed by atoms with van der Waals surface area (Å²) >= 11 is 1.20. The standard InChI is InChI=1S/C16H19FN4O3S2/c1-21-14(8-11-6-7-26(23,24)10-11)19-20-16(21)25-9-15(22)18-13-5-3-2-4-12(13)17/h2-5,11H,6-10H2,1H3,(H,18,22)/t11-/m1/s1. The number of nitrogens with zero attached hydrogens (tertiary/aromatic N) is 3. The van der Waals surface area contributed by atoms with Gasteiger partial charge in [-0.15, -0.1) is 10.2 Å². The molecule has 1 aliphatic heterocycles. The van der Waals surface area contributed by atoms with Gasteiger partial charge in [-0.2, -0.15) is 0 Å². The molecule has 140 valence electrons. The van der Waals surface area contributed by atoms with Gasteiger partial charge < -0.3 is 9.88 Å². The van der Waals surface area contributed by atoms with Crippen LogP contribution < -0.4 is 5.32 Å². The fourth-order valence-corrected chi connectivity index (χ4v) is 5.41. The molecule has 10 heteroatoms. The van der Waals surface area contributed by atoms with Gasteiger partial charge in [0.25, 0.3) is 0 Å². The van der Waals surface area contributed by atoms with Gasteiger partial charge in [0, 0.05) is 13.5 Å². The van der Waals surface area contributed by atoms with Crippen LogP contribution >= 0.6 is 11.8 Å². The van der Waals surface area contributed by atoms with E-state index in [4.69, 9.17) is 0 Å². The van der Waals surface area contributed by atoms with Crippen molar-refractivity contribution in [1.29, 1.82) is 0 Å². The zero-order valence-electron chi connectivity index (χ0n) is 14.2. The fourth-order valence-electron chi connectivity index (χ4n) is 2.82. The first-order valence-corrected chi connectivity index (χ1v) is 10.9. The van der Waals surface area contributed by atoms with Crippen molar-refractivity contribution in [2.45, 2.75) is 18.0 Å². The number of thioether (sulfide) groups is 1. The molecule has 1 N–H and O–H groups in total. The number of nitrogens with one attached hydrogen (secondary N) is 1. The number of amides is 1. The first-order chi connectivity index (χ1) is 12.3. The largest absolute Gasteiger partial charge is 0.323 e. The summed E-state index contributed by atoms with van der Waals surface area (Å²) < 4.78 is 38.4. The number of aromatic nitrogens is 3. The van der Waals surface area contributed by atoms with Crippen LogP contribution in [0.1, 0.15) is 12.2 Å². The lowest BCUT2D eigenvalue weighted by Gasteiger charge is -2.08. The van der Waals surface area contributed by atoms with Crippen molar-refractivity contribution in [3.8, 4) is 0 Å². The predicted molar refractivity (Wildman–Crippen MR) is 97.2 cm³/mol. The highest BCUT2D eigenvalue weighted by molar-refractivity contribution is 7.99. The maximum absolute atomic E-state index is 13.5. The van der Waals surface area contributed by atoms with Crippen LogP contribution in [-0.2, 0) is 28.1 Å². The maximum atomic E-state index is 13.5. The molecule has 1 aromatic heterocycles. The third kappa shape index (κ3) is 4.61. The van der Waals surface area contributed by atoms with E-state index in [1.165, 1.54) is 23.9 Å². The van der Waals surface area contributed by atoms with Gasteiger partial charge >= 0.3 is 0 Å². The molecule has 1 amide bonds. The highest BCUT2D eigenvalue weighted by atomic mass is 32.2. The lowest BCUT2D eigenvalue weighted by molar-refractivity contribution is -0.113. The number of carbonyl (C=O) groups is 1. The molecule has 2 heterocycles. The summed E-state index contributed by atoms with van der Waals surface area (Å²) in [5, 5.41) is 11.2. The second kappa shape index (κ2) is 7.75. The Morgan fingerprint density at radius 3 is 2.85 bits per heavy atom. The quantitative estimate of drug-likeness (QED) is 0.744. The first-order valence-electron chi connectivity index (χ1n) is 8.10. The molecule has 1 aliphatic rings. The zero-order chi connectivity index (χ0) is 18.7. The molecule has 1 atom stereocenters. The van der Waals surface area contributed by atoms with Gasteiger partial charge in [0.05, 0.1) is 22.9 Å². The van der Waals surface area contributed by atoms with Gasteiger partial charge in [-0.25, -0.2) is 12.8 Å². The highest BCUT2D eigenvalue weighted by Crippen LogP contribution is 2.24. The summed E-state index contributed by atoms with van der Waals surface area (Å²) in [4.78, 5) is 12.0. The van der Waals surface area contributed by atoms with Crippen molar-refractivity contribution in [1.82, 2.24) is 14.8 Å². The van der Waals surface area contributed by atoms with E-state index >= 15 is 0 Å².